The maximum Gasteiger partial charge on any atom is 0.220 e. The predicted molar refractivity (Wildman–Crippen MR) is 299 cm³/mol. The highest BCUT2D eigenvalue weighted by atomic mass is 16.3. The lowest BCUT2D eigenvalue weighted by molar-refractivity contribution is -0.123. The molecule has 1 amide bonds. The van der Waals surface area contributed by atoms with E-state index in [0.29, 0.717) is 12.8 Å². The van der Waals surface area contributed by atoms with Crippen molar-refractivity contribution in [2.45, 2.75) is 289 Å². The van der Waals surface area contributed by atoms with Gasteiger partial charge in [-0.3, -0.25) is 4.79 Å². The molecular formula is C63H111NO3. The zero-order chi connectivity index (χ0) is 48.5. The molecule has 3 N–H and O–H groups in total. The molecule has 0 aromatic carbocycles. The van der Waals surface area contributed by atoms with E-state index in [0.717, 1.165) is 77.0 Å². The number of aliphatic hydroxyl groups is 2. The Morgan fingerprint density at radius 3 is 0.985 bits per heavy atom. The van der Waals surface area contributed by atoms with Gasteiger partial charge in [0.25, 0.3) is 0 Å². The summed E-state index contributed by atoms with van der Waals surface area (Å²) in [5, 5.41) is 23.3. The van der Waals surface area contributed by atoms with Crippen LogP contribution < -0.4 is 5.32 Å². The van der Waals surface area contributed by atoms with Gasteiger partial charge in [0.2, 0.25) is 5.91 Å². The van der Waals surface area contributed by atoms with Crippen LogP contribution in [0.5, 0.6) is 0 Å². The first-order valence-corrected chi connectivity index (χ1v) is 28.9. The molecule has 0 aromatic heterocycles. The number of unbranched alkanes of at least 4 members (excludes halogenated alkanes) is 29. The Morgan fingerprint density at radius 2 is 0.657 bits per heavy atom. The summed E-state index contributed by atoms with van der Waals surface area (Å²) >= 11 is 0. The average Bonchev–Trinajstić information content (AvgIpc) is 3.33. The summed E-state index contributed by atoms with van der Waals surface area (Å²) in [6, 6.07) is -0.543. The minimum absolute atomic E-state index is 0.0347. The number of hydrogen-bond acceptors (Lipinski definition) is 3. The highest BCUT2D eigenvalue weighted by molar-refractivity contribution is 5.76. The number of amides is 1. The Kier molecular flexibility index (Phi) is 55.3. The molecule has 0 rings (SSSR count). The van der Waals surface area contributed by atoms with Crippen LogP contribution in [-0.2, 0) is 4.79 Å². The second-order valence-electron chi connectivity index (χ2n) is 19.3. The highest BCUT2D eigenvalue weighted by Gasteiger charge is 2.20. The number of aliphatic hydroxyl groups excluding tert-OH is 2. The van der Waals surface area contributed by atoms with Gasteiger partial charge < -0.3 is 15.5 Å². The molecular weight excluding hydrogens is 819 g/mol. The molecule has 0 saturated heterocycles. The average molecular weight is 931 g/mol. The Bertz CT molecular complexity index is 1240. The first-order valence-electron chi connectivity index (χ1n) is 28.9. The van der Waals surface area contributed by atoms with Crippen LogP contribution in [0, 0.1) is 0 Å². The number of allylic oxidation sites excluding steroid dienone is 16. The summed E-state index contributed by atoms with van der Waals surface area (Å²) in [6.07, 6.45) is 85.3. The molecule has 0 spiro atoms. The van der Waals surface area contributed by atoms with E-state index in [4.69, 9.17) is 0 Å². The minimum atomic E-state index is -0.665. The zero-order valence-electron chi connectivity index (χ0n) is 44.4. The monoisotopic (exact) mass is 930 g/mol. The molecule has 0 bridgehead atoms. The highest BCUT2D eigenvalue weighted by Crippen LogP contribution is 2.17. The Labute approximate surface area is 417 Å². The van der Waals surface area contributed by atoms with Crippen LogP contribution in [0.1, 0.15) is 277 Å². The van der Waals surface area contributed by atoms with Gasteiger partial charge in [-0.05, 0) is 77.0 Å². The predicted octanol–water partition coefficient (Wildman–Crippen LogP) is 19.3. The van der Waals surface area contributed by atoms with E-state index in [1.54, 1.807) is 0 Å². The van der Waals surface area contributed by atoms with Crippen molar-refractivity contribution >= 4 is 5.91 Å². The molecule has 0 saturated carbocycles. The fourth-order valence-corrected chi connectivity index (χ4v) is 8.50. The smallest absolute Gasteiger partial charge is 0.220 e. The molecule has 0 aliphatic carbocycles. The second-order valence-corrected chi connectivity index (χ2v) is 19.3. The number of rotatable bonds is 52. The van der Waals surface area contributed by atoms with Crippen LogP contribution in [0.15, 0.2) is 97.2 Å². The zero-order valence-corrected chi connectivity index (χ0v) is 44.4. The van der Waals surface area contributed by atoms with Gasteiger partial charge in [0.15, 0.2) is 0 Å². The summed E-state index contributed by atoms with van der Waals surface area (Å²) in [5.41, 5.74) is 0. The lowest BCUT2D eigenvalue weighted by atomic mass is 10.0. The molecule has 0 heterocycles. The van der Waals surface area contributed by atoms with Crippen molar-refractivity contribution in [1.29, 1.82) is 0 Å². The molecule has 0 radical (unpaired) electrons. The van der Waals surface area contributed by atoms with Crippen LogP contribution in [0.2, 0.25) is 0 Å². The van der Waals surface area contributed by atoms with Crippen molar-refractivity contribution in [2.24, 2.45) is 0 Å². The van der Waals surface area contributed by atoms with E-state index in [9.17, 15) is 15.0 Å². The molecule has 67 heavy (non-hydrogen) atoms. The molecule has 0 fully saturated rings. The van der Waals surface area contributed by atoms with Crippen molar-refractivity contribution < 1.29 is 15.0 Å². The number of carbonyl (C=O) groups is 1. The fraction of sp³-hybridized carbons (Fsp3) is 0.730. The molecule has 4 nitrogen and oxygen atoms in total. The number of nitrogens with one attached hydrogen (secondary N) is 1. The summed E-state index contributed by atoms with van der Waals surface area (Å²) < 4.78 is 0. The first-order chi connectivity index (χ1) is 33.2. The number of hydrogen-bond donors (Lipinski definition) is 3. The lowest BCUT2D eigenvalue weighted by Crippen LogP contribution is -2.45. The van der Waals surface area contributed by atoms with E-state index in [1.807, 2.05) is 0 Å². The van der Waals surface area contributed by atoms with Gasteiger partial charge in [0.1, 0.15) is 0 Å². The van der Waals surface area contributed by atoms with E-state index >= 15 is 0 Å². The molecule has 2 atom stereocenters. The van der Waals surface area contributed by atoms with Gasteiger partial charge in [0, 0.05) is 6.42 Å². The van der Waals surface area contributed by atoms with Gasteiger partial charge >= 0.3 is 0 Å². The second kappa shape index (κ2) is 57.6. The van der Waals surface area contributed by atoms with Gasteiger partial charge in [-0.15, -0.1) is 0 Å². The molecule has 386 valence electrons. The normalized spacial score (nSPS) is 13.6. The van der Waals surface area contributed by atoms with Crippen LogP contribution >= 0.6 is 0 Å². The van der Waals surface area contributed by atoms with Gasteiger partial charge in [-0.25, -0.2) is 0 Å². The first kappa shape index (κ1) is 64.3. The van der Waals surface area contributed by atoms with Gasteiger partial charge in [-0.2, -0.15) is 0 Å². The fourth-order valence-electron chi connectivity index (χ4n) is 8.50. The van der Waals surface area contributed by atoms with E-state index in [2.05, 4.69) is 116 Å². The maximum atomic E-state index is 12.5. The third-order valence-electron chi connectivity index (χ3n) is 12.9. The largest absolute Gasteiger partial charge is 0.394 e. The molecule has 0 aliphatic heterocycles. The van der Waals surface area contributed by atoms with Crippen LogP contribution in [0.3, 0.4) is 0 Å². The van der Waals surface area contributed by atoms with E-state index in [-0.39, 0.29) is 12.5 Å². The maximum absolute atomic E-state index is 12.5. The van der Waals surface area contributed by atoms with Crippen molar-refractivity contribution in [3.05, 3.63) is 97.2 Å². The molecule has 2 unspecified atom stereocenters. The van der Waals surface area contributed by atoms with Crippen molar-refractivity contribution in [3.8, 4) is 0 Å². The lowest BCUT2D eigenvalue weighted by Gasteiger charge is -2.22. The van der Waals surface area contributed by atoms with E-state index < -0.39 is 12.1 Å². The Balaban J connectivity index is 3.53. The Hall–Kier alpha value is -2.69. The van der Waals surface area contributed by atoms with Crippen LogP contribution in [0.25, 0.3) is 0 Å². The SMILES string of the molecule is CC/C=C\C/C=C\C/C=C\C/C=C\C/C=C\C/C=C\C/C=C\C/C=C\CCCCCCCCCCCCCCC(=O)NC(CO)C(O)CCCCCCCCCCCCCCCCCCCC. The standard InChI is InChI=1S/C63H111NO3/c1-3-5-7-9-11-13-15-17-19-21-23-24-25-26-27-28-29-30-31-32-33-34-35-36-37-38-39-40-41-43-45-47-49-51-53-55-57-59-63(67)64-61(60-65)62(66)58-56-54-52-50-48-46-44-42-22-20-18-16-14-12-10-8-6-4-2/h5,7,11,13,17,19,23-24,26-27,29-30,32-33,35-36,61-62,65-66H,3-4,6,8-10,12,14-16,18,20-22,25,28,31,34,37-60H2,1-2H3,(H,64,67)/b7-5-,13-11-,19-17-,24-23-,27-26-,30-29-,33-32-,36-35-. The van der Waals surface area contributed by atoms with Gasteiger partial charge in [0.05, 0.1) is 18.8 Å². The Morgan fingerprint density at radius 1 is 0.373 bits per heavy atom. The third kappa shape index (κ3) is 54.1. The minimum Gasteiger partial charge on any atom is -0.394 e. The van der Waals surface area contributed by atoms with Gasteiger partial charge in [-0.1, -0.05) is 291 Å². The summed E-state index contributed by atoms with van der Waals surface area (Å²) in [6.45, 7) is 4.26. The van der Waals surface area contributed by atoms with Crippen molar-refractivity contribution in [3.63, 3.8) is 0 Å². The quantitative estimate of drug-likeness (QED) is 0.0420. The summed E-state index contributed by atoms with van der Waals surface area (Å²) in [5.74, 6) is -0.0347. The van der Waals surface area contributed by atoms with Crippen LogP contribution in [0.4, 0.5) is 0 Å². The van der Waals surface area contributed by atoms with Crippen molar-refractivity contribution in [1.82, 2.24) is 5.32 Å². The topological polar surface area (TPSA) is 69.6 Å². The summed E-state index contributed by atoms with van der Waals surface area (Å²) in [4.78, 5) is 12.5. The molecule has 0 aromatic rings. The molecule has 0 aliphatic rings. The van der Waals surface area contributed by atoms with Crippen molar-refractivity contribution in [2.75, 3.05) is 6.61 Å². The number of carbonyl (C=O) groups excluding carboxylic acids is 1. The van der Waals surface area contributed by atoms with E-state index in [1.165, 1.54) is 173 Å². The van der Waals surface area contributed by atoms with Crippen LogP contribution in [-0.4, -0.2) is 34.9 Å². The molecule has 4 heteroatoms. The third-order valence-corrected chi connectivity index (χ3v) is 12.9. The summed E-state index contributed by atoms with van der Waals surface area (Å²) in [7, 11) is 0.